The van der Waals surface area contributed by atoms with Gasteiger partial charge >= 0.3 is 0 Å². The number of nitrogens with two attached hydrogens (primary N) is 1. The van der Waals surface area contributed by atoms with Crippen molar-refractivity contribution in [1.82, 2.24) is 5.32 Å². The van der Waals surface area contributed by atoms with Crippen LogP contribution in [0.1, 0.15) is 41.0 Å². The van der Waals surface area contributed by atoms with Crippen LogP contribution in [0.15, 0.2) is 0 Å². The highest BCUT2D eigenvalue weighted by atomic mass is 16.2. The van der Waals surface area contributed by atoms with Crippen molar-refractivity contribution in [2.24, 2.45) is 11.1 Å². The van der Waals surface area contributed by atoms with Crippen LogP contribution in [0, 0.1) is 5.41 Å². The highest BCUT2D eigenvalue weighted by Gasteiger charge is 2.22. The van der Waals surface area contributed by atoms with Gasteiger partial charge in [-0.05, 0) is 20.3 Å². The van der Waals surface area contributed by atoms with Gasteiger partial charge in [0.15, 0.2) is 0 Å². The number of carbonyl (C=O) groups is 1. The van der Waals surface area contributed by atoms with Crippen LogP contribution in [-0.4, -0.2) is 18.0 Å². The zero-order valence-electron chi connectivity index (χ0n) is 9.35. The van der Waals surface area contributed by atoms with Gasteiger partial charge in [0.05, 0.1) is 0 Å². The summed E-state index contributed by atoms with van der Waals surface area (Å²) in [6.07, 6.45) is 0.821. The molecule has 0 radical (unpaired) electrons. The lowest BCUT2D eigenvalue weighted by molar-refractivity contribution is -0.129. The SMILES string of the molecule is CC(N)CC(C)NC(=O)C(C)(C)C. The molecular formula is C10H22N2O. The van der Waals surface area contributed by atoms with Crippen molar-refractivity contribution in [2.45, 2.75) is 53.1 Å². The molecule has 0 bridgehead atoms. The van der Waals surface area contributed by atoms with E-state index in [1.807, 2.05) is 34.6 Å². The first kappa shape index (κ1) is 12.4. The van der Waals surface area contributed by atoms with Gasteiger partial charge in [0.25, 0.3) is 0 Å². The van der Waals surface area contributed by atoms with Gasteiger partial charge in [-0.15, -0.1) is 0 Å². The first-order chi connectivity index (χ1) is 5.73. The minimum atomic E-state index is -0.313. The number of carbonyl (C=O) groups excluding carboxylic acids is 1. The maximum Gasteiger partial charge on any atom is 0.225 e. The largest absolute Gasteiger partial charge is 0.353 e. The Labute approximate surface area is 81.1 Å². The normalized spacial score (nSPS) is 16.5. The summed E-state index contributed by atoms with van der Waals surface area (Å²) in [4.78, 5) is 11.5. The Morgan fingerprint density at radius 1 is 1.38 bits per heavy atom. The average Bonchev–Trinajstić information content (AvgIpc) is 1.82. The van der Waals surface area contributed by atoms with Crippen molar-refractivity contribution >= 4 is 5.91 Å². The van der Waals surface area contributed by atoms with Crippen LogP contribution in [-0.2, 0) is 4.79 Å². The number of hydrogen-bond donors (Lipinski definition) is 2. The lowest BCUT2D eigenvalue weighted by Gasteiger charge is -2.22. The van der Waals surface area contributed by atoms with Crippen LogP contribution < -0.4 is 11.1 Å². The molecular weight excluding hydrogens is 164 g/mol. The van der Waals surface area contributed by atoms with Gasteiger partial charge in [-0.25, -0.2) is 0 Å². The van der Waals surface area contributed by atoms with E-state index in [0.29, 0.717) is 0 Å². The van der Waals surface area contributed by atoms with Crippen molar-refractivity contribution < 1.29 is 4.79 Å². The van der Waals surface area contributed by atoms with Crippen LogP contribution in [0.25, 0.3) is 0 Å². The molecule has 3 N–H and O–H groups in total. The van der Waals surface area contributed by atoms with Crippen LogP contribution in [0.2, 0.25) is 0 Å². The van der Waals surface area contributed by atoms with E-state index in [9.17, 15) is 4.79 Å². The quantitative estimate of drug-likeness (QED) is 0.697. The second-order valence-corrected chi connectivity index (χ2v) is 4.84. The summed E-state index contributed by atoms with van der Waals surface area (Å²) in [7, 11) is 0. The molecule has 0 fully saturated rings. The van der Waals surface area contributed by atoms with Crippen LogP contribution in [0.4, 0.5) is 0 Å². The number of amides is 1. The number of hydrogen-bond acceptors (Lipinski definition) is 2. The molecule has 0 aliphatic rings. The summed E-state index contributed by atoms with van der Waals surface area (Å²) in [5.41, 5.74) is 5.31. The summed E-state index contributed by atoms with van der Waals surface area (Å²) in [5, 5.41) is 2.93. The molecule has 0 heterocycles. The van der Waals surface area contributed by atoms with E-state index in [0.717, 1.165) is 6.42 Å². The Bertz CT molecular complexity index is 170. The molecule has 0 aromatic rings. The first-order valence-corrected chi connectivity index (χ1v) is 4.80. The van der Waals surface area contributed by atoms with E-state index in [4.69, 9.17) is 5.73 Å². The minimum absolute atomic E-state index is 0.0839. The molecule has 0 spiro atoms. The topological polar surface area (TPSA) is 55.1 Å². The molecule has 3 heteroatoms. The number of rotatable bonds is 3. The van der Waals surface area contributed by atoms with Gasteiger partial charge in [-0.1, -0.05) is 20.8 Å². The summed E-state index contributed by atoms with van der Waals surface area (Å²) in [5.74, 6) is 0.0839. The monoisotopic (exact) mass is 186 g/mol. The maximum absolute atomic E-state index is 11.5. The van der Waals surface area contributed by atoms with E-state index in [1.54, 1.807) is 0 Å². The van der Waals surface area contributed by atoms with Crippen molar-refractivity contribution in [1.29, 1.82) is 0 Å². The second kappa shape index (κ2) is 4.61. The third-order valence-electron chi connectivity index (χ3n) is 1.78. The Morgan fingerprint density at radius 2 is 1.85 bits per heavy atom. The van der Waals surface area contributed by atoms with Crippen LogP contribution >= 0.6 is 0 Å². The molecule has 0 rings (SSSR count). The lowest BCUT2D eigenvalue weighted by atomic mass is 9.95. The Morgan fingerprint density at radius 3 is 2.15 bits per heavy atom. The van der Waals surface area contributed by atoms with Crippen molar-refractivity contribution in [3.63, 3.8) is 0 Å². The molecule has 0 aliphatic carbocycles. The Balaban J connectivity index is 3.93. The fourth-order valence-corrected chi connectivity index (χ4v) is 1.06. The standard InChI is InChI=1S/C10H22N2O/c1-7(11)6-8(2)12-9(13)10(3,4)5/h7-8H,6,11H2,1-5H3,(H,12,13). The molecule has 2 atom stereocenters. The highest BCUT2D eigenvalue weighted by molar-refractivity contribution is 5.81. The molecule has 3 nitrogen and oxygen atoms in total. The van der Waals surface area contributed by atoms with Gasteiger partial charge in [-0.2, -0.15) is 0 Å². The summed E-state index contributed by atoms with van der Waals surface area (Å²) < 4.78 is 0. The third-order valence-corrected chi connectivity index (χ3v) is 1.78. The summed E-state index contributed by atoms with van der Waals surface area (Å²) in [6.45, 7) is 9.63. The summed E-state index contributed by atoms with van der Waals surface area (Å²) in [6, 6.07) is 0.294. The van der Waals surface area contributed by atoms with E-state index < -0.39 is 0 Å². The molecule has 1 amide bonds. The van der Waals surface area contributed by atoms with Gasteiger partial charge in [0.1, 0.15) is 0 Å². The lowest BCUT2D eigenvalue weighted by Crippen LogP contribution is -2.42. The summed E-state index contributed by atoms with van der Waals surface area (Å²) >= 11 is 0. The fraction of sp³-hybridized carbons (Fsp3) is 0.900. The predicted molar refractivity (Wildman–Crippen MR) is 55.3 cm³/mol. The molecule has 2 unspecified atom stereocenters. The van der Waals surface area contributed by atoms with Gasteiger partial charge in [0.2, 0.25) is 5.91 Å². The van der Waals surface area contributed by atoms with Crippen molar-refractivity contribution in [3.05, 3.63) is 0 Å². The van der Waals surface area contributed by atoms with Gasteiger partial charge in [-0.3, -0.25) is 4.79 Å². The van der Waals surface area contributed by atoms with Gasteiger partial charge < -0.3 is 11.1 Å². The third kappa shape index (κ3) is 5.64. The van der Waals surface area contributed by atoms with Crippen LogP contribution in [0.3, 0.4) is 0 Å². The molecule has 13 heavy (non-hydrogen) atoms. The maximum atomic E-state index is 11.5. The van der Waals surface area contributed by atoms with Crippen molar-refractivity contribution in [2.75, 3.05) is 0 Å². The van der Waals surface area contributed by atoms with E-state index in [1.165, 1.54) is 0 Å². The second-order valence-electron chi connectivity index (χ2n) is 4.84. The molecule has 0 aliphatic heterocycles. The molecule has 0 aromatic carbocycles. The van der Waals surface area contributed by atoms with E-state index in [2.05, 4.69) is 5.32 Å². The molecule has 0 aromatic heterocycles. The Hall–Kier alpha value is -0.570. The zero-order chi connectivity index (χ0) is 10.6. The molecule has 0 saturated carbocycles. The smallest absolute Gasteiger partial charge is 0.225 e. The minimum Gasteiger partial charge on any atom is -0.353 e. The van der Waals surface area contributed by atoms with E-state index in [-0.39, 0.29) is 23.4 Å². The Kier molecular flexibility index (Phi) is 4.40. The fourth-order valence-electron chi connectivity index (χ4n) is 1.06. The first-order valence-electron chi connectivity index (χ1n) is 4.80. The molecule has 78 valence electrons. The highest BCUT2D eigenvalue weighted by Crippen LogP contribution is 2.13. The van der Waals surface area contributed by atoms with Gasteiger partial charge in [0, 0.05) is 17.5 Å². The van der Waals surface area contributed by atoms with Crippen LogP contribution in [0.5, 0.6) is 0 Å². The average molecular weight is 186 g/mol. The predicted octanol–water partition coefficient (Wildman–Crippen LogP) is 1.27. The molecule has 0 saturated heterocycles. The van der Waals surface area contributed by atoms with E-state index >= 15 is 0 Å². The number of nitrogens with one attached hydrogen (secondary N) is 1. The van der Waals surface area contributed by atoms with Crippen molar-refractivity contribution in [3.8, 4) is 0 Å². The zero-order valence-corrected chi connectivity index (χ0v) is 9.35.